The molecule has 3 saturated heterocycles. The molecule has 3 aliphatic rings. The predicted molar refractivity (Wildman–Crippen MR) is 69.8 cm³/mol. The van der Waals surface area contributed by atoms with Crippen LogP contribution in [0.25, 0.3) is 5.78 Å². The van der Waals surface area contributed by atoms with Crippen LogP contribution in [-0.2, 0) is 5.54 Å². The molecule has 0 bridgehead atoms. The van der Waals surface area contributed by atoms with Gasteiger partial charge in [0.25, 0.3) is 5.78 Å². The summed E-state index contributed by atoms with van der Waals surface area (Å²) < 4.78 is 1.98. The highest BCUT2D eigenvalue weighted by Crippen LogP contribution is 2.63. The third-order valence-corrected chi connectivity index (χ3v) is 5.61. The van der Waals surface area contributed by atoms with E-state index in [1.807, 2.05) is 4.52 Å². The Morgan fingerprint density at radius 2 is 1.95 bits per heavy atom. The smallest absolute Gasteiger partial charge is 0.252 e. The number of nitrogens with zero attached hydrogens (tertiary/aromatic N) is 5. The van der Waals surface area contributed by atoms with E-state index in [0.717, 1.165) is 23.6 Å². The third kappa shape index (κ3) is 0.982. The van der Waals surface area contributed by atoms with E-state index in [2.05, 4.69) is 33.8 Å². The Morgan fingerprint density at radius 3 is 2.68 bits per heavy atom. The first-order valence-electron chi connectivity index (χ1n) is 7.16. The number of hydrogen-bond donors (Lipinski definition) is 0. The van der Waals surface area contributed by atoms with E-state index in [-0.39, 0.29) is 5.54 Å². The maximum Gasteiger partial charge on any atom is 0.252 e. The summed E-state index contributed by atoms with van der Waals surface area (Å²) in [5, 5.41) is 4.42. The van der Waals surface area contributed by atoms with E-state index >= 15 is 0 Å². The minimum absolute atomic E-state index is 0.246. The molecule has 98 valence electrons. The Hall–Kier alpha value is -1.49. The monoisotopic (exact) mass is 255 g/mol. The molecule has 2 unspecified atom stereocenters. The van der Waals surface area contributed by atoms with Crippen molar-refractivity contribution in [2.45, 2.75) is 57.2 Å². The van der Waals surface area contributed by atoms with Crippen molar-refractivity contribution in [1.29, 1.82) is 0 Å². The molecule has 2 aromatic heterocycles. The van der Waals surface area contributed by atoms with Gasteiger partial charge >= 0.3 is 0 Å². The van der Waals surface area contributed by atoms with Gasteiger partial charge in [-0.2, -0.15) is 14.6 Å². The van der Waals surface area contributed by atoms with Gasteiger partial charge in [0.1, 0.15) is 6.33 Å². The van der Waals surface area contributed by atoms with E-state index in [1.54, 1.807) is 6.33 Å². The van der Waals surface area contributed by atoms with Crippen LogP contribution in [0.2, 0.25) is 0 Å². The molecule has 0 aromatic carbocycles. The third-order valence-electron chi connectivity index (χ3n) is 5.61. The summed E-state index contributed by atoms with van der Waals surface area (Å²) in [4.78, 5) is 11.6. The van der Waals surface area contributed by atoms with Crippen LogP contribution in [0, 0.1) is 13.8 Å². The van der Waals surface area contributed by atoms with Crippen LogP contribution in [-0.4, -0.2) is 36.6 Å². The average Bonchev–Trinajstić information content (AvgIpc) is 2.83. The van der Waals surface area contributed by atoms with Gasteiger partial charge in [0, 0.05) is 17.8 Å². The van der Waals surface area contributed by atoms with Crippen LogP contribution >= 0.6 is 0 Å². The zero-order valence-electron chi connectivity index (χ0n) is 11.3. The topological polar surface area (TPSA) is 46.3 Å². The van der Waals surface area contributed by atoms with E-state index in [0.29, 0.717) is 0 Å². The molecule has 0 spiro atoms. The zero-order chi connectivity index (χ0) is 12.8. The van der Waals surface area contributed by atoms with Gasteiger partial charge in [-0.25, -0.2) is 4.98 Å². The molecule has 3 fully saturated rings. The van der Waals surface area contributed by atoms with Gasteiger partial charge in [0.05, 0.1) is 11.2 Å². The Bertz CT molecular complexity index is 689. The lowest BCUT2D eigenvalue weighted by molar-refractivity contribution is -0.175. The fraction of sp³-hybridized carbons (Fsp3) is 0.643. The van der Waals surface area contributed by atoms with E-state index in [1.165, 1.54) is 36.9 Å². The van der Waals surface area contributed by atoms with Crippen molar-refractivity contribution in [2.24, 2.45) is 0 Å². The number of hydrogen-bond acceptors (Lipinski definition) is 4. The van der Waals surface area contributed by atoms with Crippen LogP contribution in [0.3, 0.4) is 0 Å². The maximum absolute atomic E-state index is 4.54. The quantitative estimate of drug-likeness (QED) is 0.776. The molecule has 5 nitrogen and oxygen atoms in total. The molecule has 0 N–H and O–H groups in total. The number of aryl methyl sites for hydroxylation is 1. The Labute approximate surface area is 111 Å². The van der Waals surface area contributed by atoms with Crippen LogP contribution in [0.4, 0.5) is 0 Å². The fourth-order valence-electron chi connectivity index (χ4n) is 4.80. The molecular weight excluding hydrogens is 238 g/mol. The minimum atomic E-state index is 0.246. The summed E-state index contributed by atoms with van der Waals surface area (Å²) in [5.41, 5.74) is 3.98. The maximum atomic E-state index is 4.54. The highest BCUT2D eigenvalue weighted by molar-refractivity contribution is 5.43. The van der Waals surface area contributed by atoms with E-state index < -0.39 is 0 Å². The first-order valence-corrected chi connectivity index (χ1v) is 7.16. The predicted octanol–water partition coefficient (Wildman–Crippen LogP) is 1.58. The van der Waals surface area contributed by atoms with Crippen molar-refractivity contribution in [3.8, 4) is 0 Å². The van der Waals surface area contributed by atoms with Gasteiger partial charge < -0.3 is 0 Å². The number of fused-ring (bicyclic) bond motifs is 1. The first-order chi connectivity index (χ1) is 9.21. The molecule has 2 atom stereocenters. The van der Waals surface area contributed by atoms with Crippen LogP contribution in [0.15, 0.2) is 6.33 Å². The second kappa shape index (κ2) is 2.98. The van der Waals surface area contributed by atoms with Gasteiger partial charge in [0.2, 0.25) is 0 Å². The molecule has 5 heterocycles. The molecule has 5 heteroatoms. The summed E-state index contributed by atoms with van der Waals surface area (Å²) in [6.45, 7) is 4.27. The van der Waals surface area contributed by atoms with Gasteiger partial charge in [-0.1, -0.05) is 0 Å². The molecule has 2 aromatic rings. The highest BCUT2D eigenvalue weighted by Gasteiger charge is 2.67. The normalized spacial score (nSPS) is 36.1. The van der Waals surface area contributed by atoms with E-state index in [4.69, 9.17) is 0 Å². The lowest BCUT2D eigenvalue weighted by atomic mass is 9.65. The second-order valence-electron chi connectivity index (χ2n) is 6.37. The van der Waals surface area contributed by atoms with Crippen molar-refractivity contribution in [3.63, 3.8) is 0 Å². The van der Waals surface area contributed by atoms with Crippen molar-refractivity contribution in [2.75, 3.05) is 0 Å². The first kappa shape index (κ1) is 10.3. The summed E-state index contributed by atoms with van der Waals surface area (Å²) in [6, 6.07) is 1.65. The van der Waals surface area contributed by atoms with Crippen LogP contribution in [0.5, 0.6) is 0 Å². The average molecular weight is 255 g/mol. The lowest BCUT2D eigenvalue weighted by Crippen LogP contribution is -2.73. The fourth-order valence-corrected chi connectivity index (χ4v) is 4.80. The summed E-state index contributed by atoms with van der Waals surface area (Å²) >= 11 is 0. The van der Waals surface area contributed by atoms with E-state index in [9.17, 15) is 0 Å². The van der Waals surface area contributed by atoms with Crippen molar-refractivity contribution < 1.29 is 0 Å². The molecule has 0 radical (unpaired) electrons. The van der Waals surface area contributed by atoms with Crippen LogP contribution < -0.4 is 0 Å². The molecule has 19 heavy (non-hydrogen) atoms. The minimum Gasteiger partial charge on any atom is -0.286 e. The number of rotatable bonds is 1. The molecule has 0 aliphatic carbocycles. The van der Waals surface area contributed by atoms with Crippen molar-refractivity contribution in [3.05, 3.63) is 23.3 Å². The Morgan fingerprint density at radius 1 is 1.21 bits per heavy atom. The van der Waals surface area contributed by atoms with Crippen molar-refractivity contribution in [1.82, 2.24) is 24.5 Å². The summed E-state index contributed by atoms with van der Waals surface area (Å²) in [7, 11) is 0. The van der Waals surface area contributed by atoms with Gasteiger partial charge in [-0.3, -0.25) is 4.90 Å². The highest BCUT2D eigenvalue weighted by atomic mass is 15.4. The number of aromatic nitrogens is 4. The van der Waals surface area contributed by atoms with Crippen molar-refractivity contribution >= 4 is 5.78 Å². The number of piperidine rings is 1. The molecule has 0 saturated carbocycles. The standard InChI is InChI=1S/C14H17N5/c1-8-9(2)17-13-15-7-16-19(13)12(8)14-5-10-3-4-11(6-14)18(10)14/h7,10-11H,3-6H2,1-2H3. The summed E-state index contributed by atoms with van der Waals surface area (Å²) in [6.07, 6.45) is 6.98. The zero-order valence-corrected chi connectivity index (χ0v) is 11.3. The Kier molecular flexibility index (Phi) is 1.62. The molecule has 0 amide bonds. The van der Waals surface area contributed by atoms with Crippen LogP contribution in [0.1, 0.15) is 42.6 Å². The largest absolute Gasteiger partial charge is 0.286 e. The second-order valence-corrected chi connectivity index (χ2v) is 6.37. The molecule has 5 rings (SSSR count). The van der Waals surface area contributed by atoms with Gasteiger partial charge in [-0.15, -0.1) is 0 Å². The van der Waals surface area contributed by atoms with Gasteiger partial charge in [-0.05, 0) is 45.1 Å². The lowest BCUT2D eigenvalue weighted by Gasteiger charge is -2.67. The van der Waals surface area contributed by atoms with Gasteiger partial charge in [0.15, 0.2) is 0 Å². The molecular formula is C14H17N5. The Balaban J connectivity index is 1.78. The molecule has 3 aliphatic heterocycles. The summed E-state index contributed by atoms with van der Waals surface area (Å²) in [5.74, 6) is 0.749. The SMILES string of the molecule is Cc1nc2ncnn2c(C23CC4CCC(C2)N43)c1C.